The molecule has 2 atom stereocenters. The maximum absolute atomic E-state index is 11.4. The average molecular weight is 202 g/mol. The van der Waals surface area contributed by atoms with Gasteiger partial charge in [0.15, 0.2) is 0 Å². The molecule has 0 aromatic carbocycles. The van der Waals surface area contributed by atoms with Crippen LogP contribution < -0.4 is 5.73 Å². The molecule has 0 saturated carbocycles. The van der Waals surface area contributed by atoms with Crippen molar-refractivity contribution < 1.29 is 14.6 Å². The van der Waals surface area contributed by atoms with E-state index < -0.39 is 5.54 Å². The van der Waals surface area contributed by atoms with Gasteiger partial charge in [-0.1, -0.05) is 6.92 Å². The van der Waals surface area contributed by atoms with Gasteiger partial charge in [0.25, 0.3) is 0 Å². The third-order valence-corrected chi connectivity index (χ3v) is 2.95. The number of likely N-dealkylation sites (tertiary alicyclic amines) is 1. The van der Waals surface area contributed by atoms with E-state index in [0.29, 0.717) is 13.0 Å². The molecule has 5 heteroatoms. The summed E-state index contributed by atoms with van der Waals surface area (Å²) < 4.78 is 4.65. The van der Waals surface area contributed by atoms with E-state index in [1.165, 1.54) is 7.11 Å². The molecule has 1 saturated heterocycles. The molecule has 2 unspecified atom stereocenters. The van der Waals surface area contributed by atoms with Crippen molar-refractivity contribution in [1.29, 1.82) is 0 Å². The highest BCUT2D eigenvalue weighted by Crippen LogP contribution is 2.28. The highest BCUT2D eigenvalue weighted by atomic mass is 16.5. The second-order valence-corrected chi connectivity index (χ2v) is 3.73. The summed E-state index contributed by atoms with van der Waals surface area (Å²) in [5.41, 5.74) is 5.33. The Balaban J connectivity index is 2.78. The molecule has 5 nitrogen and oxygen atoms in total. The summed E-state index contributed by atoms with van der Waals surface area (Å²) in [7, 11) is 1.35. The lowest BCUT2D eigenvalue weighted by molar-refractivity contribution is 0.0980. The van der Waals surface area contributed by atoms with E-state index in [4.69, 9.17) is 5.73 Å². The molecule has 0 bridgehead atoms. The Bertz CT molecular complexity index is 222. The first-order valence-corrected chi connectivity index (χ1v) is 4.83. The van der Waals surface area contributed by atoms with Gasteiger partial charge in [-0.2, -0.15) is 0 Å². The van der Waals surface area contributed by atoms with E-state index in [9.17, 15) is 9.90 Å². The predicted molar refractivity (Wildman–Crippen MR) is 51.8 cm³/mol. The van der Waals surface area contributed by atoms with Crippen LogP contribution in [0, 0.1) is 0 Å². The lowest BCUT2D eigenvalue weighted by atomic mass is 9.91. The lowest BCUT2D eigenvalue weighted by Gasteiger charge is -2.32. The summed E-state index contributed by atoms with van der Waals surface area (Å²) in [5.74, 6) is 0. The van der Waals surface area contributed by atoms with Gasteiger partial charge in [0.2, 0.25) is 0 Å². The maximum atomic E-state index is 11.4. The molecule has 1 heterocycles. The number of amides is 1. The van der Waals surface area contributed by atoms with Gasteiger partial charge in [0.05, 0.1) is 25.3 Å². The summed E-state index contributed by atoms with van der Waals surface area (Å²) in [6, 6.07) is -0.125. The highest BCUT2D eigenvalue weighted by molar-refractivity contribution is 5.68. The third-order valence-electron chi connectivity index (χ3n) is 2.95. The molecule has 0 spiro atoms. The highest BCUT2D eigenvalue weighted by Gasteiger charge is 2.45. The fourth-order valence-electron chi connectivity index (χ4n) is 2.11. The molecule has 82 valence electrons. The van der Waals surface area contributed by atoms with Gasteiger partial charge in [-0.15, -0.1) is 0 Å². The molecule has 1 amide bonds. The van der Waals surface area contributed by atoms with Crippen molar-refractivity contribution in [2.75, 3.05) is 20.3 Å². The first-order chi connectivity index (χ1) is 6.59. The van der Waals surface area contributed by atoms with Crippen molar-refractivity contribution in [3.8, 4) is 0 Å². The van der Waals surface area contributed by atoms with E-state index in [0.717, 1.165) is 6.42 Å². The van der Waals surface area contributed by atoms with Gasteiger partial charge in [-0.25, -0.2) is 4.79 Å². The molecule has 1 aliphatic rings. The van der Waals surface area contributed by atoms with Crippen molar-refractivity contribution in [1.82, 2.24) is 4.90 Å². The van der Waals surface area contributed by atoms with Crippen LogP contribution in [0.5, 0.6) is 0 Å². The van der Waals surface area contributed by atoms with Crippen LogP contribution >= 0.6 is 0 Å². The van der Waals surface area contributed by atoms with Crippen LogP contribution in [0.1, 0.15) is 19.8 Å². The first kappa shape index (κ1) is 11.3. The van der Waals surface area contributed by atoms with Crippen LogP contribution in [-0.2, 0) is 4.74 Å². The number of aliphatic hydroxyl groups is 1. The molecular formula is C9H18N2O3. The van der Waals surface area contributed by atoms with E-state index in [1.54, 1.807) is 4.90 Å². The molecule has 1 fully saturated rings. The van der Waals surface area contributed by atoms with E-state index in [1.807, 2.05) is 6.92 Å². The fourth-order valence-corrected chi connectivity index (χ4v) is 2.11. The summed E-state index contributed by atoms with van der Waals surface area (Å²) in [6.45, 7) is 2.41. The Labute approximate surface area is 83.8 Å². The van der Waals surface area contributed by atoms with Crippen LogP contribution in [0.25, 0.3) is 0 Å². The average Bonchev–Trinajstić information content (AvgIpc) is 2.55. The zero-order chi connectivity index (χ0) is 10.8. The predicted octanol–water partition coefficient (Wildman–Crippen LogP) is -0.0731. The van der Waals surface area contributed by atoms with Crippen LogP contribution in [-0.4, -0.2) is 47.9 Å². The molecule has 1 aliphatic heterocycles. The normalized spacial score (nSPS) is 32.0. The van der Waals surface area contributed by atoms with Crippen LogP contribution in [0.15, 0.2) is 0 Å². The molecule has 0 aliphatic carbocycles. The number of aliphatic hydroxyl groups excluding tert-OH is 1. The van der Waals surface area contributed by atoms with Crippen LogP contribution in [0.4, 0.5) is 4.79 Å². The van der Waals surface area contributed by atoms with Crippen molar-refractivity contribution in [2.45, 2.75) is 31.3 Å². The quantitative estimate of drug-likeness (QED) is 0.657. The Hall–Kier alpha value is -0.810. The van der Waals surface area contributed by atoms with E-state index >= 15 is 0 Å². The second kappa shape index (κ2) is 4.14. The number of methoxy groups -OCH3 is 1. The Kier molecular flexibility index (Phi) is 3.34. The summed E-state index contributed by atoms with van der Waals surface area (Å²) in [6.07, 6.45) is 0.987. The van der Waals surface area contributed by atoms with Gasteiger partial charge >= 0.3 is 6.09 Å². The summed E-state index contributed by atoms with van der Waals surface area (Å²) in [4.78, 5) is 12.9. The smallest absolute Gasteiger partial charge is 0.409 e. The molecule has 0 aromatic rings. The number of hydrogen-bond acceptors (Lipinski definition) is 4. The van der Waals surface area contributed by atoms with E-state index in [-0.39, 0.29) is 18.7 Å². The van der Waals surface area contributed by atoms with Crippen molar-refractivity contribution >= 4 is 6.09 Å². The molecule has 0 aromatic heterocycles. The van der Waals surface area contributed by atoms with Gasteiger partial charge in [-0.05, 0) is 12.8 Å². The van der Waals surface area contributed by atoms with Crippen molar-refractivity contribution in [3.05, 3.63) is 0 Å². The molecule has 14 heavy (non-hydrogen) atoms. The fraction of sp³-hybridized carbons (Fsp3) is 0.889. The first-order valence-electron chi connectivity index (χ1n) is 4.83. The number of carbonyl (C=O) groups excluding carboxylic acids is 1. The largest absolute Gasteiger partial charge is 0.453 e. The van der Waals surface area contributed by atoms with Gasteiger partial charge in [-0.3, -0.25) is 0 Å². The van der Waals surface area contributed by atoms with Crippen molar-refractivity contribution in [3.63, 3.8) is 0 Å². The van der Waals surface area contributed by atoms with E-state index in [2.05, 4.69) is 4.74 Å². The zero-order valence-electron chi connectivity index (χ0n) is 8.69. The topological polar surface area (TPSA) is 75.8 Å². The third kappa shape index (κ3) is 1.69. The van der Waals surface area contributed by atoms with Gasteiger partial charge in [0, 0.05) is 6.54 Å². The standard InChI is InChI=1S/C9H18N2O3/c1-3-7-9(10,6-12)4-5-11(7)8(13)14-2/h7,12H,3-6,10H2,1-2H3. The SMILES string of the molecule is CCC1N(C(=O)OC)CCC1(N)CO. The molecule has 1 rings (SSSR count). The second-order valence-electron chi connectivity index (χ2n) is 3.73. The molecular weight excluding hydrogens is 184 g/mol. The number of nitrogens with two attached hydrogens (primary N) is 1. The Morgan fingerprint density at radius 2 is 2.43 bits per heavy atom. The maximum Gasteiger partial charge on any atom is 0.409 e. The number of nitrogens with zero attached hydrogens (tertiary/aromatic N) is 1. The Morgan fingerprint density at radius 3 is 2.86 bits per heavy atom. The van der Waals surface area contributed by atoms with Gasteiger partial charge < -0.3 is 20.5 Å². The Morgan fingerprint density at radius 1 is 1.79 bits per heavy atom. The van der Waals surface area contributed by atoms with Crippen molar-refractivity contribution in [2.24, 2.45) is 5.73 Å². The molecule has 0 radical (unpaired) electrons. The molecule has 3 N–H and O–H groups in total. The number of ether oxygens (including phenoxy) is 1. The summed E-state index contributed by atoms with van der Waals surface area (Å²) >= 11 is 0. The monoisotopic (exact) mass is 202 g/mol. The minimum absolute atomic E-state index is 0.0982. The van der Waals surface area contributed by atoms with Gasteiger partial charge in [0.1, 0.15) is 0 Å². The zero-order valence-corrected chi connectivity index (χ0v) is 8.69. The minimum Gasteiger partial charge on any atom is -0.453 e. The van der Waals surface area contributed by atoms with Crippen LogP contribution in [0.3, 0.4) is 0 Å². The summed E-state index contributed by atoms with van der Waals surface area (Å²) in [5, 5.41) is 9.20. The minimum atomic E-state index is -0.664. The number of hydrogen-bond donors (Lipinski definition) is 2. The lowest BCUT2D eigenvalue weighted by Crippen LogP contribution is -2.54. The number of rotatable bonds is 2. The van der Waals surface area contributed by atoms with Crippen LogP contribution in [0.2, 0.25) is 0 Å². The number of carbonyl (C=O) groups is 1.